The number of morpholine rings is 1. The van der Waals surface area contributed by atoms with Gasteiger partial charge in [-0.3, -0.25) is 9.69 Å². The van der Waals surface area contributed by atoms with Gasteiger partial charge < -0.3 is 10.1 Å². The van der Waals surface area contributed by atoms with Crippen LogP contribution in [0.1, 0.15) is 17.2 Å². The van der Waals surface area contributed by atoms with Crippen molar-refractivity contribution >= 4 is 12.0 Å². The van der Waals surface area contributed by atoms with Crippen molar-refractivity contribution in [2.45, 2.75) is 6.04 Å². The van der Waals surface area contributed by atoms with Gasteiger partial charge in [-0.25, -0.2) is 0 Å². The molecule has 0 aromatic heterocycles. The summed E-state index contributed by atoms with van der Waals surface area (Å²) in [4.78, 5) is 14.7. The van der Waals surface area contributed by atoms with Gasteiger partial charge >= 0.3 is 0 Å². The zero-order valence-electron chi connectivity index (χ0n) is 14.3. The van der Waals surface area contributed by atoms with E-state index in [4.69, 9.17) is 4.74 Å². The second-order valence-corrected chi connectivity index (χ2v) is 6.13. The summed E-state index contributed by atoms with van der Waals surface area (Å²) < 4.78 is 5.42. The van der Waals surface area contributed by atoms with Crippen LogP contribution in [0, 0.1) is 0 Å². The number of nitrogens with one attached hydrogen (secondary N) is 1. The molecule has 4 nitrogen and oxygen atoms in total. The van der Waals surface area contributed by atoms with E-state index in [9.17, 15) is 4.79 Å². The Bertz CT molecular complexity index is 680. The van der Waals surface area contributed by atoms with E-state index in [1.54, 1.807) is 6.08 Å². The lowest BCUT2D eigenvalue weighted by Crippen LogP contribution is -2.42. The normalized spacial score (nSPS) is 16.6. The maximum absolute atomic E-state index is 12.4. The maximum atomic E-state index is 12.4. The average molecular weight is 336 g/mol. The summed E-state index contributed by atoms with van der Waals surface area (Å²) in [6, 6.07) is 19.9. The van der Waals surface area contributed by atoms with Crippen molar-refractivity contribution in [3.05, 3.63) is 77.9 Å². The van der Waals surface area contributed by atoms with Crippen LogP contribution in [0.3, 0.4) is 0 Å². The number of hydrogen-bond acceptors (Lipinski definition) is 3. The van der Waals surface area contributed by atoms with Crippen molar-refractivity contribution in [1.82, 2.24) is 10.2 Å². The monoisotopic (exact) mass is 336 g/mol. The molecular formula is C21H24N2O2. The van der Waals surface area contributed by atoms with E-state index < -0.39 is 0 Å². The van der Waals surface area contributed by atoms with Gasteiger partial charge in [0, 0.05) is 25.7 Å². The summed E-state index contributed by atoms with van der Waals surface area (Å²) in [5.74, 6) is -0.0778. The minimum atomic E-state index is -0.0778. The Labute approximate surface area is 149 Å². The van der Waals surface area contributed by atoms with Crippen LogP contribution < -0.4 is 5.32 Å². The molecule has 2 aromatic rings. The van der Waals surface area contributed by atoms with Crippen LogP contribution in [0.15, 0.2) is 66.7 Å². The summed E-state index contributed by atoms with van der Waals surface area (Å²) in [7, 11) is 0. The number of carbonyl (C=O) groups excluding carboxylic acids is 1. The van der Waals surface area contributed by atoms with Gasteiger partial charge in [0.1, 0.15) is 0 Å². The molecule has 4 heteroatoms. The van der Waals surface area contributed by atoms with Gasteiger partial charge in [-0.1, -0.05) is 60.7 Å². The van der Waals surface area contributed by atoms with Crippen molar-refractivity contribution in [2.75, 3.05) is 32.8 Å². The first kappa shape index (κ1) is 17.4. The maximum Gasteiger partial charge on any atom is 0.244 e. The summed E-state index contributed by atoms with van der Waals surface area (Å²) in [6.45, 7) is 4.10. The number of amides is 1. The van der Waals surface area contributed by atoms with Gasteiger partial charge in [-0.15, -0.1) is 0 Å². The Kier molecular flexibility index (Phi) is 6.37. The lowest BCUT2D eigenvalue weighted by molar-refractivity contribution is -0.117. The summed E-state index contributed by atoms with van der Waals surface area (Å²) in [5, 5.41) is 3.14. The van der Waals surface area contributed by atoms with Crippen molar-refractivity contribution in [1.29, 1.82) is 0 Å². The molecule has 0 bridgehead atoms. The molecule has 0 spiro atoms. The van der Waals surface area contributed by atoms with Gasteiger partial charge in [0.05, 0.1) is 19.3 Å². The fourth-order valence-electron chi connectivity index (χ4n) is 2.92. The Morgan fingerprint density at radius 1 is 1.04 bits per heavy atom. The molecule has 1 aliphatic heterocycles. The van der Waals surface area contributed by atoms with Crippen LogP contribution in [0.25, 0.3) is 6.08 Å². The minimum Gasteiger partial charge on any atom is -0.379 e. The van der Waals surface area contributed by atoms with Crippen LogP contribution in [-0.2, 0) is 9.53 Å². The zero-order chi connectivity index (χ0) is 17.3. The molecule has 130 valence electrons. The third kappa shape index (κ3) is 5.55. The van der Waals surface area contributed by atoms with E-state index in [0.717, 1.165) is 44.0 Å². The van der Waals surface area contributed by atoms with Crippen LogP contribution in [0.4, 0.5) is 0 Å². The molecular weight excluding hydrogens is 312 g/mol. The quantitative estimate of drug-likeness (QED) is 0.825. The molecule has 1 aliphatic rings. The highest BCUT2D eigenvalue weighted by molar-refractivity contribution is 5.92. The van der Waals surface area contributed by atoms with Gasteiger partial charge in [0.25, 0.3) is 0 Å². The first-order valence-electron chi connectivity index (χ1n) is 8.70. The number of hydrogen-bond donors (Lipinski definition) is 1. The van der Waals surface area contributed by atoms with Crippen LogP contribution in [0.2, 0.25) is 0 Å². The Morgan fingerprint density at radius 2 is 1.68 bits per heavy atom. The predicted octanol–water partition coefficient (Wildman–Crippen LogP) is 2.89. The molecule has 1 amide bonds. The third-order valence-electron chi connectivity index (χ3n) is 4.29. The number of rotatable bonds is 6. The summed E-state index contributed by atoms with van der Waals surface area (Å²) in [6.07, 6.45) is 3.44. The van der Waals surface area contributed by atoms with Crippen LogP contribution in [0.5, 0.6) is 0 Å². The smallest absolute Gasteiger partial charge is 0.244 e. The minimum absolute atomic E-state index is 0.0350. The van der Waals surface area contributed by atoms with E-state index in [1.165, 1.54) is 0 Å². The molecule has 1 N–H and O–H groups in total. The van der Waals surface area contributed by atoms with Crippen LogP contribution in [-0.4, -0.2) is 43.7 Å². The van der Waals surface area contributed by atoms with Crippen LogP contribution >= 0.6 is 0 Å². The van der Waals surface area contributed by atoms with Crippen molar-refractivity contribution in [2.24, 2.45) is 0 Å². The number of benzene rings is 2. The molecule has 25 heavy (non-hydrogen) atoms. The van der Waals surface area contributed by atoms with Crippen molar-refractivity contribution in [3.8, 4) is 0 Å². The first-order chi connectivity index (χ1) is 12.3. The van der Waals surface area contributed by atoms with E-state index in [2.05, 4.69) is 22.3 Å². The molecule has 1 fully saturated rings. The molecule has 0 aliphatic carbocycles. The lowest BCUT2D eigenvalue weighted by Gasteiger charge is -2.31. The fraction of sp³-hybridized carbons (Fsp3) is 0.286. The topological polar surface area (TPSA) is 41.6 Å². The zero-order valence-corrected chi connectivity index (χ0v) is 14.3. The Morgan fingerprint density at radius 3 is 2.36 bits per heavy atom. The lowest BCUT2D eigenvalue weighted by atomic mass is 10.1. The Balaban J connectivity index is 1.66. The van der Waals surface area contributed by atoms with Crippen molar-refractivity contribution < 1.29 is 9.53 Å². The molecule has 0 saturated carbocycles. The average Bonchev–Trinajstić information content (AvgIpc) is 2.68. The van der Waals surface area contributed by atoms with E-state index in [0.29, 0.717) is 0 Å². The third-order valence-corrected chi connectivity index (χ3v) is 4.29. The fourth-order valence-corrected chi connectivity index (χ4v) is 2.92. The SMILES string of the molecule is O=C(/C=C/c1ccccc1)NC(CN1CCOCC1)c1ccccc1. The molecule has 0 radical (unpaired) electrons. The van der Waals surface area contributed by atoms with Gasteiger partial charge in [-0.05, 0) is 17.2 Å². The van der Waals surface area contributed by atoms with E-state index in [1.807, 2.05) is 54.6 Å². The first-order valence-corrected chi connectivity index (χ1v) is 8.70. The predicted molar refractivity (Wildman–Crippen MR) is 100 cm³/mol. The second kappa shape index (κ2) is 9.16. The number of carbonyl (C=O) groups is 1. The van der Waals surface area contributed by atoms with Gasteiger partial charge in [0.2, 0.25) is 5.91 Å². The molecule has 1 saturated heterocycles. The van der Waals surface area contributed by atoms with E-state index >= 15 is 0 Å². The highest BCUT2D eigenvalue weighted by Gasteiger charge is 2.19. The standard InChI is InChI=1S/C21H24N2O2/c24-21(12-11-18-7-3-1-4-8-18)22-20(19-9-5-2-6-10-19)17-23-13-15-25-16-14-23/h1-12,20H,13-17H2,(H,22,24)/b12-11+. The molecule has 1 unspecified atom stereocenters. The molecule has 2 aromatic carbocycles. The van der Waals surface area contributed by atoms with Crippen molar-refractivity contribution in [3.63, 3.8) is 0 Å². The van der Waals surface area contributed by atoms with Gasteiger partial charge in [-0.2, -0.15) is 0 Å². The number of ether oxygens (including phenoxy) is 1. The highest BCUT2D eigenvalue weighted by Crippen LogP contribution is 2.15. The molecule has 3 rings (SSSR count). The van der Waals surface area contributed by atoms with Gasteiger partial charge in [0.15, 0.2) is 0 Å². The molecule has 1 atom stereocenters. The summed E-state index contributed by atoms with van der Waals surface area (Å²) >= 11 is 0. The second-order valence-electron chi connectivity index (χ2n) is 6.13. The summed E-state index contributed by atoms with van der Waals surface area (Å²) in [5.41, 5.74) is 2.14. The largest absolute Gasteiger partial charge is 0.379 e. The Hall–Kier alpha value is -2.43. The highest BCUT2D eigenvalue weighted by atomic mass is 16.5. The number of nitrogens with zero attached hydrogens (tertiary/aromatic N) is 1. The van der Waals surface area contributed by atoms with E-state index in [-0.39, 0.29) is 11.9 Å². The molecule has 1 heterocycles.